The van der Waals surface area contributed by atoms with E-state index < -0.39 is 0 Å². The number of hydrogen-bond acceptors (Lipinski definition) is 3. The van der Waals surface area contributed by atoms with Gasteiger partial charge in [-0.2, -0.15) is 0 Å². The summed E-state index contributed by atoms with van der Waals surface area (Å²) in [6, 6.07) is 7.12. The van der Waals surface area contributed by atoms with Crippen molar-refractivity contribution < 1.29 is 14.3 Å². The molecule has 13 heavy (non-hydrogen) atoms. The number of hydrogen-bond donors (Lipinski definition) is 1. The van der Waals surface area contributed by atoms with Gasteiger partial charge in [-0.3, -0.25) is 0 Å². The molecule has 1 aromatic carbocycles. The van der Waals surface area contributed by atoms with Crippen LogP contribution in [0.3, 0.4) is 0 Å². The van der Waals surface area contributed by atoms with Gasteiger partial charge in [-0.25, -0.2) is 0 Å². The predicted octanol–water partition coefficient (Wildman–Crippen LogP) is 0.646. The smallest absolute Gasteiger partial charge is 0.276 e. The number of rotatable bonds is 4. The van der Waals surface area contributed by atoms with E-state index in [1.807, 2.05) is 19.1 Å². The van der Waals surface area contributed by atoms with Crippen molar-refractivity contribution >= 4 is 14.9 Å². The Bertz CT molecular complexity index is 265. The molecule has 70 valence electrons. The second-order valence-electron chi connectivity index (χ2n) is 2.54. The molecule has 0 heterocycles. The lowest BCUT2D eigenvalue weighted by atomic mass is 10.3. The van der Waals surface area contributed by atoms with Crippen molar-refractivity contribution in [3.05, 3.63) is 24.3 Å². The van der Waals surface area contributed by atoms with E-state index in [-0.39, 0.29) is 21.8 Å². The molecular weight excluding hydrogens is 184 g/mol. The highest BCUT2D eigenvalue weighted by Gasteiger charge is 2.05. The summed E-state index contributed by atoms with van der Waals surface area (Å²) in [5.74, 6) is 0.268. The summed E-state index contributed by atoms with van der Waals surface area (Å²) in [5, 5.41) is 10.2. The molecule has 0 amide bonds. The lowest BCUT2D eigenvalue weighted by Gasteiger charge is -2.10. The van der Waals surface area contributed by atoms with E-state index >= 15 is 0 Å². The minimum absolute atomic E-state index is 0.115. The van der Waals surface area contributed by atoms with Gasteiger partial charge in [0.25, 0.3) is 9.76 Å². The number of ether oxygens (including phenoxy) is 1. The van der Waals surface area contributed by atoms with Crippen LogP contribution in [0.25, 0.3) is 0 Å². The minimum atomic E-state index is -0.238. The van der Waals surface area contributed by atoms with E-state index in [1.165, 1.54) is 0 Å². The van der Waals surface area contributed by atoms with Gasteiger partial charge in [-0.15, -0.1) is 0 Å². The van der Waals surface area contributed by atoms with E-state index in [0.29, 0.717) is 0 Å². The first-order valence-electron chi connectivity index (χ1n) is 3.96. The van der Waals surface area contributed by atoms with E-state index in [1.54, 1.807) is 19.2 Å². The maximum atomic E-state index is 9.38. The summed E-state index contributed by atoms with van der Waals surface area (Å²) in [7, 11) is 1.70. The SMILES string of the molecule is COC(C)O[Si]c1ccccc1O. The lowest BCUT2D eigenvalue weighted by Crippen LogP contribution is -2.23. The summed E-state index contributed by atoms with van der Waals surface area (Å²) in [6.07, 6.45) is -0.238. The first kappa shape index (κ1) is 10.2. The summed E-state index contributed by atoms with van der Waals surface area (Å²) >= 11 is 0. The third-order valence-corrected chi connectivity index (χ3v) is 2.66. The van der Waals surface area contributed by atoms with Crippen LogP contribution in [0.2, 0.25) is 0 Å². The molecular formula is C9H12O3Si. The van der Waals surface area contributed by atoms with Gasteiger partial charge in [0.2, 0.25) is 0 Å². The van der Waals surface area contributed by atoms with Crippen molar-refractivity contribution in [1.29, 1.82) is 0 Å². The summed E-state index contributed by atoms with van der Waals surface area (Å²) in [5.41, 5.74) is 0. The number of aromatic hydroxyl groups is 1. The molecule has 0 saturated heterocycles. The Labute approximate surface area is 80.2 Å². The van der Waals surface area contributed by atoms with Gasteiger partial charge >= 0.3 is 0 Å². The van der Waals surface area contributed by atoms with Crippen molar-refractivity contribution in [2.45, 2.75) is 13.2 Å². The van der Waals surface area contributed by atoms with Crippen molar-refractivity contribution in [3.63, 3.8) is 0 Å². The van der Waals surface area contributed by atoms with Crippen LogP contribution < -0.4 is 5.19 Å². The highest BCUT2D eigenvalue weighted by atomic mass is 28.2. The van der Waals surface area contributed by atoms with Crippen LogP contribution >= 0.6 is 0 Å². The maximum absolute atomic E-state index is 9.38. The van der Waals surface area contributed by atoms with Crippen LogP contribution in [0.1, 0.15) is 6.92 Å². The molecule has 0 fully saturated rings. The van der Waals surface area contributed by atoms with E-state index in [2.05, 4.69) is 0 Å². The third kappa shape index (κ3) is 3.18. The molecule has 3 nitrogen and oxygen atoms in total. The van der Waals surface area contributed by atoms with Gasteiger partial charge in [0, 0.05) is 12.3 Å². The van der Waals surface area contributed by atoms with Crippen molar-refractivity contribution in [2.75, 3.05) is 7.11 Å². The summed E-state index contributed by atoms with van der Waals surface area (Å²) in [4.78, 5) is 0. The molecule has 4 heteroatoms. The van der Waals surface area contributed by atoms with Gasteiger partial charge in [-0.1, -0.05) is 18.2 Å². The fourth-order valence-corrected chi connectivity index (χ4v) is 1.50. The van der Waals surface area contributed by atoms with Crippen LogP contribution in [-0.2, 0) is 9.16 Å². The van der Waals surface area contributed by atoms with Crippen LogP contribution in [0, 0.1) is 0 Å². The zero-order valence-electron chi connectivity index (χ0n) is 7.65. The number of phenolic OH excluding ortho intramolecular Hbond substituents is 1. The van der Waals surface area contributed by atoms with Crippen LogP contribution in [0.5, 0.6) is 5.75 Å². The predicted molar refractivity (Wildman–Crippen MR) is 51.1 cm³/mol. The topological polar surface area (TPSA) is 38.7 Å². The summed E-state index contributed by atoms with van der Waals surface area (Å²) < 4.78 is 10.2. The average Bonchev–Trinajstić information content (AvgIpc) is 2.16. The van der Waals surface area contributed by atoms with Crippen LogP contribution in [0.15, 0.2) is 24.3 Å². The standard InChI is InChI=1S/C9H12O3Si/c1-7(11-2)12-13-9-6-4-3-5-8(9)10/h3-7,10H,1-2H3. The second kappa shape index (κ2) is 5.01. The number of para-hydroxylation sites is 1. The Balaban J connectivity index is 2.50. The van der Waals surface area contributed by atoms with E-state index in [4.69, 9.17) is 9.16 Å². The van der Waals surface area contributed by atoms with E-state index in [9.17, 15) is 5.11 Å². The molecule has 0 bridgehead atoms. The molecule has 0 aliphatic heterocycles. The second-order valence-corrected chi connectivity index (χ2v) is 3.52. The monoisotopic (exact) mass is 196 g/mol. The Morgan fingerprint density at radius 2 is 2.08 bits per heavy atom. The molecule has 0 spiro atoms. The van der Waals surface area contributed by atoms with Gasteiger partial charge in [0.15, 0.2) is 0 Å². The van der Waals surface area contributed by atoms with Crippen molar-refractivity contribution in [1.82, 2.24) is 0 Å². The highest BCUT2D eigenvalue weighted by Crippen LogP contribution is 2.02. The molecule has 1 N–H and O–H groups in total. The molecule has 1 atom stereocenters. The zero-order valence-corrected chi connectivity index (χ0v) is 8.65. The maximum Gasteiger partial charge on any atom is 0.276 e. The van der Waals surface area contributed by atoms with Crippen LogP contribution in [-0.4, -0.2) is 28.3 Å². The summed E-state index contributed by atoms with van der Waals surface area (Å²) in [6.45, 7) is 1.81. The van der Waals surface area contributed by atoms with Gasteiger partial charge in [-0.05, 0) is 13.0 Å². The Kier molecular flexibility index (Phi) is 3.95. The first-order chi connectivity index (χ1) is 6.24. The average molecular weight is 196 g/mol. The van der Waals surface area contributed by atoms with Crippen LogP contribution in [0.4, 0.5) is 0 Å². The largest absolute Gasteiger partial charge is 0.508 e. The highest BCUT2D eigenvalue weighted by molar-refractivity contribution is 6.48. The minimum Gasteiger partial charge on any atom is -0.508 e. The molecule has 1 unspecified atom stereocenters. The fourth-order valence-electron chi connectivity index (χ4n) is 0.755. The van der Waals surface area contributed by atoms with Gasteiger partial charge < -0.3 is 14.3 Å². The Morgan fingerprint density at radius 3 is 2.69 bits per heavy atom. The zero-order chi connectivity index (χ0) is 9.68. The molecule has 0 aliphatic rings. The molecule has 1 rings (SSSR count). The Morgan fingerprint density at radius 1 is 1.38 bits per heavy atom. The lowest BCUT2D eigenvalue weighted by molar-refractivity contribution is -0.0356. The van der Waals surface area contributed by atoms with Crippen molar-refractivity contribution in [2.24, 2.45) is 0 Å². The Hall–Kier alpha value is -0.843. The third-order valence-electron chi connectivity index (χ3n) is 1.57. The number of methoxy groups -OCH3 is 1. The quantitative estimate of drug-likeness (QED) is 0.567. The fraction of sp³-hybridized carbons (Fsp3) is 0.333. The molecule has 0 saturated carbocycles. The number of phenols is 1. The molecule has 1 aromatic rings. The van der Waals surface area contributed by atoms with Gasteiger partial charge in [0.1, 0.15) is 12.0 Å². The van der Waals surface area contributed by atoms with E-state index in [0.717, 1.165) is 5.19 Å². The van der Waals surface area contributed by atoms with Gasteiger partial charge in [0.05, 0.1) is 0 Å². The molecule has 0 aliphatic carbocycles. The first-order valence-corrected chi connectivity index (χ1v) is 4.87. The van der Waals surface area contributed by atoms with Crippen molar-refractivity contribution in [3.8, 4) is 5.75 Å². The molecule has 2 radical (unpaired) electrons. The normalized spacial score (nSPS) is 12.8. The number of benzene rings is 1. The molecule has 0 aromatic heterocycles.